The van der Waals surface area contributed by atoms with Crippen molar-refractivity contribution in [3.05, 3.63) is 65.7 Å². The van der Waals surface area contributed by atoms with E-state index in [-0.39, 0.29) is 11.9 Å². The molecule has 1 amide bonds. The van der Waals surface area contributed by atoms with Crippen molar-refractivity contribution in [2.75, 3.05) is 6.61 Å². The van der Waals surface area contributed by atoms with Crippen LogP contribution in [-0.2, 0) is 6.42 Å². The first-order valence-electron chi connectivity index (χ1n) is 10.9. The minimum absolute atomic E-state index is 0.0250. The molecule has 29 heavy (non-hydrogen) atoms. The molecule has 152 valence electrons. The van der Waals surface area contributed by atoms with Crippen LogP contribution in [0.25, 0.3) is 0 Å². The highest BCUT2D eigenvalue weighted by Gasteiger charge is 2.55. The Kier molecular flexibility index (Phi) is 4.83. The summed E-state index contributed by atoms with van der Waals surface area (Å²) < 4.78 is 5.89. The van der Waals surface area contributed by atoms with E-state index < -0.39 is 5.60 Å². The lowest BCUT2D eigenvalue weighted by Gasteiger charge is -2.58. The molecule has 2 unspecified atom stereocenters. The second-order valence-electron chi connectivity index (χ2n) is 9.31. The van der Waals surface area contributed by atoms with E-state index in [0.717, 1.165) is 44.3 Å². The maximum atomic E-state index is 12.9. The van der Waals surface area contributed by atoms with Gasteiger partial charge in [0.05, 0.1) is 12.2 Å². The zero-order chi connectivity index (χ0) is 19.8. The second-order valence-corrected chi connectivity index (χ2v) is 9.31. The van der Waals surface area contributed by atoms with Crippen molar-refractivity contribution < 1.29 is 14.6 Å². The van der Waals surface area contributed by atoms with Gasteiger partial charge in [0.25, 0.3) is 5.91 Å². The summed E-state index contributed by atoms with van der Waals surface area (Å²) in [5.41, 5.74) is 1.42. The highest BCUT2D eigenvalue weighted by atomic mass is 16.5. The van der Waals surface area contributed by atoms with Crippen molar-refractivity contribution in [1.29, 1.82) is 0 Å². The van der Waals surface area contributed by atoms with Crippen molar-refractivity contribution in [3.8, 4) is 5.75 Å². The van der Waals surface area contributed by atoms with Crippen molar-refractivity contribution >= 4 is 5.91 Å². The molecule has 4 bridgehead atoms. The number of aliphatic hydroxyl groups is 1. The van der Waals surface area contributed by atoms with Crippen LogP contribution in [0.2, 0.25) is 0 Å². The molecule has 0 spiro atoms. The molecule has 4 fully saturated rings. The number of ether oxygens (including phenoxy) is 1. The van der Waals surface area contributed by atoms with E-state index in [1.165, 1.54) is 5.56 Å². The lowest BCUT2D eigenvalue weighted by atomic mass is 9.52. The first kappa shape index (κ1) is 18.7. The van der Waals surface area contributed by atoms with Crippen LogP contribution in [0.1, 0.15) is 48.0 Å². The van der Waals surface area contributed by atoms with Crippen LogP contribution in [0.15, 0.2) is 54.6 Å². The van der Waals surface area contributed by atoms with Crippen molar-refractivity contribution in [1.82, 2.24) is 5.32 Å². The van der Waals surface area contributed by atoms with Gasteiger partial charge in [-0.3, -0.25) is 4.79 Å². The minimum Gasteiger partial charge on any atom is -0.493 e. The molecule has 0 aromatic heterocycles. The highest BCUT2D eigenvalue weighted by molar-refractivity contribution is 5.94. The molecule has 4 aliphatic carbocycles. The number of nitrogens with one attached hydrogen (secondary N) is 1. The standard InChI is InChI=1S/C25H29NO3/c27-24(26-23-20-11-18-12-21(23)16-25(28,14-18)15-20)19-7-4-8-22(13-19)29-10-9-17-5-2-1-3-6-17/h1-8,13,18,20-21,23,28H,9-12,14-16H2,(H,26,27). The molecule has 2 N–H and O–H groups in total. The summed E-state index contributed by atoms with van der Waals surface area (Å²) in [6.45, 7) is 0.585. The Morgan fingerprint density at radius 1 is 1.03 bits per heavy atom. The van der Waals surface area contributed by atoms with E-state index in [9.17, 15) is 9.90 Å². The Labute approximate surface area is 172 Å². The van der Waals surface area contributed by atoms with E-state index in [4.69, 9.17) is 4.74 Å². The highest BCUT2D eigenvalue weighted by Crippen LogP contribution is 2.55. The molecule has 2 atom stereocenters. The number of hydrogen-bond acceptors (Lipinski definition) is 3. The first-order valence-corrected chi connectivity index (χ1v) is 10.9. The molecule has 2 aromatic rings. The van der Waals surface area contributed by atoms with Gasteiger partial charge < -0.3 is 15.2 Å². The monoisotopic (exact) mass is 391 g/mol. The predicted molar refractivity (Wildman–Crippen MR) is 112 cm³/mol. The smallest absolute Gasteiger partial charge is 0.251 e. The Morgan fingerprint density at radius 3 is 2.52 bits per heavy atom. The molecule has 0 heterocycles. The van der Waals surface area contributed by atoms with Gasteiger partial charge >= 0.3 is 0 Å². The fraction of sp³-hybridized carbons (Fsp3) is 0.480. The van der Waals surface area contributed by atoms with E-state index in [1.54, 1.807) is 0 Å². The zero-order valence-corrected chi connectivity index (χ0v) is 16.7. The van der Waals surface area contributed by atoms with Gasteiger partial charge in [0.1, 0.15) is 5.75 Å². The molecule has 4 heteroatoms. The van der Waals surface area contributed by atoms with Gasteiger partial charge in [-0.05, 0) is 73.6 Å². The Bertz CT molecular complexity index is 865. The molecular weight excluding hydrogens is 362 g/mol. The van der Waals surface area contributed by atoms with E-state index >= 15 is 0 Å². The maximum absolute atomic E-state index is 12.9. The number of carbonyl (C=O) groups excluding carboxylic acids is 1. The van der Waals surface area contributed by atoms with Gasteiger partial charge in [0.15, 0.2) is 0 Å². The summed E-state index contributed by atoms with van der Waals surface area (Å²) in [6.07, 6.45) is 5.77. The van der Waals surface area contributed by atoms with E-state index in [0.29, 0.717) is 29.9 Å². The molecule has 0 radical (unpaired) electrons. The first-order chi connectivity index (χ1) is 14.1. The molecule has 6 rings (SSSR count). The molecular formula is C25H29NO3. The summed E-state index contributed by atoms with van der Waals surface area (Å²) in [4.78, 5) is 12.9. The van der Waals surface area contributed by atoms with Crippen LogP contribution < -0.4 is 10.1 Å². The number of benzene rings is 2. The topological polar surface area (TPSA) is 58.6 Å². The van der Waals surface area contributed by atoms with Gasteiger partial charge in [0, 0.05) is 18.0 Å². The van der Waals surface area contributed by atoms with Crippen molar-refractivity contribution in [3.63, 3.8) is 0 Å². The summed E-state index contributed by atoms with van der Waals surface area (Å²) >= 11 is 0. The third-order valence-corrected chi connectivity index (χ3v) is 7.14. The van der Waals surface area contributed by atoms with Crippen molar-refractivity contribution in [2.45, 2.75) is 50.2 Å². The average molecular weight is 392 g/mol. The van der Waals surface area contributed by atoms with Crippen LogP contribution in [0.3, 0.4) is 0 Å². The Morgan fingerprint density at radius 2 is 1.79 bits per heavy atom. The number of amides is 1. The lowest BCUT2D eigenvalue weighted by Crippen LogP contribution is -2.61. The molecule has 2 aromatic carbocycles. The number of rotatable bonds is 6. The van der Waals surface area contributed by atoms with Gasteiger partial charge in [-0.2, -0.15) is 0 Å². The molecule has 0 aliphatic heterocycles. The molecule has 4 saturated carbocycles. The van der Waals surface area contributed by atoms with Crippen LogP contribution in [0, 0.1) is 17.8 Å². The summed E-state index contributed by atoms with van der Waals surface area (Å²) in [5, 5.41) is 14.0. The van der Waals surface area contributed by atoms with Crippen LogP contribution in [0.4, 0.5) is 0 Å². The van der Waals surface area contributed by atoms with Gasteiger partial charge in [-0.15, -0.1) is 0 Å². The second kappa shape index (κ2) is 7.49. The van der Waals surface area contributed by atoms with Crippen LogP contribution >= 0.6 is 0 Å². The Balaban J connectivity index is 1.20. The summed E-state index contributed by atoms with van der Waals surface area (Å²) in [5.74, 6) is 2.18. The maximum Gasteiger partial charge on any atom is 0.251 e. The lowest BCUT2D eigenvalue weighted by molar-refractivity contribution is -0.136. The quantitative estimate of drug-likeness (QED) is 0.783. The SMILES string of the molecule is O=C(NC1C2CC3CC1CC(O)(C3)C2)c1cccc(OCCc2ccccc2)c1. The summed E-state index contributed by atoms with van der Waals surface area (Å²) in [7, 11) is 0. The van der Waals surface area contributed by atoms with Crippen LogP contribution in [0.5, 0.6) is 5.75 Å². The normalized spacial score (nSPS) is 32.2. The fourth-order valence-electron chi connectivity index (χ4n) is 6.11. The van der Waals surface area contributed by atoms with E-state index in [1.807, 2.05) is 42.5 Å². The van der Waals surface area contributed by atoms with Gasteiger partial charge in [-0.25, -0.2) is 0 Å². The zero-order valence-electron chi connectivity index (χ0n) is 16.7. The summed E-state index contributed by atoms with van der Waals surface area (Å²) in [6, 6.07) is 17.9. The van der Waals surface area contributed by atoms with Gasteiger partial charge in [0.2, 0.25) is 0 Å². The third-order valence-electron chi connectivity index (χ3n) is 7.14. The fourth-order valence-corrected chi connectivity index (χ4v) is 6.11. The van der Waals surface area contributed by atoms with Gasteiger partial charge in [-0.1, -0.05) is 36.4 Å². The van der Waals surface area contributed by atoms with Crippen molar-refractivity contribution in [2.24, 2.45) is 17.8 Å². The minimum atomic E-state index is -0.468. The van der Waals surface area contributed by atoms with E-state index in [2.05, 4.69) is 17.4 Å². The number of hydrogen-bond donors (Lipinski definition) is 2. The Hall–Kier alpha value is -2.33. The number of carbonyl (C=O) groups is 1. The average Bonchev–Trinajstić information content (AvgIpc) is 2.70. The predicted octanol–water partition coefficient (Wildman–Crippen LogP) is 3.98. The third kappa shape index (κ3) is 3.91. The largest absolute Gasteiger partial charge is 0.493 e. The van der Waals surface area contributed by atoms with Crippen LogP contribution in [-0.4, -0.2) is 29.3 Å². The molecule has 0 saturated heterocycles. The molecule has 4 nitrogen and oxygen atoms in total. The molecule has 4 aliphatic rings.